The van der Waals surface area contributed by atoms with Gasteiger partial charge < -0.3 is 5.32 Å². The maximum absolute atomic E-state index is 3.78. The van der Waals surface area contributed by atoms with Crippen LogP contribution in [0.1, 0.15) is 39.7 Å². The van der Waals surface area contributed by atoms with Crippen LogP contribution in [0.4, 0.5) is 0 Å². The average molecular weight is 353 g/mol. The van der Waals surface area contributed by atoms with Gasteiger partial charge in [0.1, 0.15) is 0 Å². The van der Waals surface area contributed by atoms with Crippen molar-refractivity contribution in [2.75, 3.05) is 13.1 Å². The zero-order valence-corrected chi connectivity index (χ0v) is 15.4. The molecular formula is C18H29BrN2. The van der Waals surface area contributed by atoms with E-state index in [1.165, 1.54) is 12.0 Å². The van der Waals surface area contributed by atoms with Crippen molar-refractivity contribution in [1.82, 2.24) is 10.2 Å². The van der Waals surface area contributed by atoms with E-state index in [1.54, 1.807) is 0 Å². The molecule has 1 saturated heterocycles. The van der Waals surface area contributed by atoms with E-state index in [4.69, 9.17) is 0 Å². The van der Waals surface area contributed by atoms with E-state index in [1.807, 2.05) is 0 Å². The smallest absolute Gasteiger partial charge is 0.0247 e. The summed E-state index contributed by atoms with van der Waals surface area (Å²) in [5.74, 6) is 1.43. The molecule has 1 aliphatic heterocycles. The van der Waals surface area contributed by atoms with Gasteiger partial charge in [0.2, 0.25) is 0 Å². The maximum Gasteiger partial charge on any atom is 0.0247 e. The fourth-order valence-electron chi connectivity index (χ4n) is 3.18. The predicted molar refractivity (Wildman–Crippen MR) is 94.4 cm³/mol. The van der Waals surface area contributed by atoms with E-state index in [2.05, 4.69) is 78.1 Å². The third-order valence-corrected chi connectivity index (χ3v) is 5.42. The van der Waals surface area contributed by atoms with Crippen LogP contribution in [-0.2, 0) is 6.54 Å². The second-order valence-corrected chi connectivity index (χ2v) is 7.68. The van der Waals surface area contributed by atoms with E-state index >= 15 is 0 Å². The van der Waals surface area contributed by atoms with Gasteiger partial charge >= 0.3 is 0 Å². The van der Waals surface area contributed by atoms with Crippen LogP contribution in [-0.4, -0.2) is 30.1 Å². The van der Waals surface area contributed by atoms with Crippen molar-refractivity contribution >= 4 is 15.9 Å². The Morgan fingerprint density at radius 3 is 2.48 bits per heavy atom. The molecule has 3 unspecified atom stereocenters. The van der Waals surface area contributed by atoms with Gasteiger partial charge in [0, 0.05) is 36.2 Å². The number of nitrogens with zero attached hydrogens (tertiary/aromatic N) is 1. The molecule has 0 aliphatic carbocycles. The molecule has 0 bridgehead atoms. The quantitative estimate of drug-likeness (QED) is 0.849. The van der Waals surface area contributed by atoms with Crippen molar-refractivity contribution in [3.8, 4) is 0 Å². The Hall–Kier alpha value is -0.380. The lowest BCUT2D eigenvalue weighted by Crippen LogP contribution is -2.59. The molecule has 1 aliphatic rings. The fraction of sp³-hybridized carbons (Fsp3) is 0.667. The topological polar surface area (TPSA) is 15.3 Å². The zero-order chi connectivity index (χ0) is 15.4. The minimum atomic E-state index is 0.625. The Morgan fingerprint density at radius 2 is 1.90 bits per heavy atom. The van der Waals surface area contributed by atoms with Gasteiger partial charge in [-0.1, -0.05) is 62.2 Å². The van der Waals surface area contributed by atoms with E-state index in [0.29, 0.717) is 18.0 Å². The van der Waals surface area contributed by atoms with Crippen LogP contribution in [0.2, 0.25) is 0 Å². The lowest BCUT2D eigenvalue weighted by Gasteiger charge is -2.44. The molecule has 3 heteroatoms. The largest absolute Gasteiger partial charge is 0.311 e. The monoisotopic (exact) mass is 352 g/mol. The minimum absolute atomic E-state index is 0.625. The molecule has 21 heavy (non-hydrogen) atoms. The molecule has 0 aromatic heterocycles. The summed E-state index contributed by atoms with van der Waals surface area (Å²) in [5.41, 5.74) is 1.41. The molecular weight excluding hydrogens is 324 g/mol. The molecule has 1 fully saturated rings. The van der Waals surface area contributed by atoms with Crippen molar-refractivity contribution in [1.29, 1.82) is 0 Å². The highest BCUT2D eigenvalue weighted by molar-refractivity contribution is 9.10. The standard InChI is InChI=1S/C18H29BrN2/c1-5-14(4)17-12-21(18(10-20-17)13(2)3)11-15-6-8-16(19)9-7-15/h6-9,13-14,17-18,20H,5,10-12H2,1-4H3. The second-order valence-electron chi connectivity index (χ2n) is 6.77. The predicted octanol–water partition coefficient (Wildman–Crippen LogP) is 4.29. The normalized spacial score (nSPS) is 25.2. The van der Waals surface area contributed by atoms with Crippen LogP contribution in [0.25, 0.3) is 0 Å². The summed E-state index contributed by atoms with van der Waals surface area (Å²) in [6.45, 7) is 12.7. The number of piperazine rings is 1. The third kappa shape index (κ3) is 4.54. The number of halogens is 1. The summed E-state index contributed by atoms with van der Waals surface area (Å²) in [7, 11) is 0. The van der Waals surface area contributed by atoms with Crippen LogP contribution >= 0.6 is 15.9 Å². The Morgan fingerprint density at radius 1 is 1.24 bits per heavy atom. The fourth-order valence-corrected chi connectivity index (χ4v) is 3.45. The molecule has 118 valence electrons. The van der Waals surface area contributed by atoms with E-state index in [-0.39, 0.29) is 0 Å². The molecule has 1 aromatic carbocycles. The average Bonchev–Trinajstić information content (AvgIpc) is 2.48. The van der Waals surface area contributed by atoms with Gasteiger partial charge in [-0.3, -0.25) is 4.90 Å². The molecule has 0 spiro atoms. The number of nitrogens with one attached hydrogen (secondary N) is 1. The van der Waals surface area contributed by atoms with Gasteiger partial charge in [-0.2, -0.15) is 0 Å². The van der Waals surface area contributed by atoms with Crippen LogP contribution in [0.3, 0.4) is 0 Å². The first-order valence-electron chi connectivity index (χ1n) is 8.23. The lowest BCUT2D eigenvalue weighted by atomic mass is 9.91. The number of hydrogen-bond acceptors (Lipinski definition) is 2. The Labute approximate surface area is 138 Å². The summed E-state index contributed by atoms with van der Waals surface area (Å²) in [6, 6.07) is 10.0. The van der Waals surface area contributed by atoms with Crippen molar-refractivity contribution in [3.05, 3.63) is 34.3 Å². The van der Waals surface area contributed by atoms with E-state index < -0.39 is 0 Å². The molecule has 0 saturated carbocycles. The Bertz CT molecular complexity index is 429. The van der Waals surface area contributed by atoms with Crippen LogP contribution in [0, 0.1) is 11.8 Å². The highest BCUT2D eigenvalue weighted by atomic mass is 79.9. The SMILES string of the molecule is CCC(C)C1CN(Cc2ccc(Br)cc2)C(C(C)C)CN1. The highest BCUT2D eigenvalue weighted by Crippen LogP contribution is 2.22. The van der Waals surface area contributed by atoms with Crippen molar-refractivity contribution in [2.24, 2.45) is 11.8 Å². The first-order valence-corrected chi connectivity index (χ1v) is 9.02. The van der Waals surface area contributed by atoms with Gasteiger partial charge in [-0.05, 0) is 29.5 Å². The van der Waals surface area contributed by atoms with E-state index in [9.17, 15) is 0 Å². The molecule has 3 atom stereocenters. The first kappa shape index (κ1) is 17.0. The van der Waals surface area contributed by atoms with Crippen molar-refractivity contribution in [3.63, 3.8) is 0 Å². The molecule has 0 radical (unpaired) electrons. The zero-order valence-electron chi connectivity index (χ0n) is 13.8. The summed E-state index contributed by atoms with van der Waals surface area (Å²) in [5, 5.41) is 3.78. The first-order chi connectivity index (χ1) is 10.0. The summed E-state index contributed by atoms with van der Waals surface area (Å²) in [4.78, 5) is 2.68. The Kier molecular flexibility index (Phi) is 6.27. The number of hydrogen-bond donors (Lipinski definition) is 1. The lowest BCUT2D eigenvalue weighted by molar-refractivity contribution is 0.0753. The molecule has 1 N–H and O–H groups in total. The van der Waals surface area contributed by atoms with E-state index in [0.717, 1.165) is 30.0 Å². The second kappa shape index (κ2) is 7.75. The number of rotatable bonds is 5. The van der Waals surface area contributed by atoms with Gasteiger partial charge in [-0.15, -0.1) is 0 Å². The molecule has 2 rings (SSSR count). The molecule has 1 aromatic rings. The van der Waals surface area contributed by atoms with Gasteiger partial charge in [0.25, 0.3) is 0 Å². The third-order valence-electron chi connectivity index (χ3n) is 4.89. The highest BCUT2D eigenvalue weighted by Gasteiger charge is 2.31. The summed E-state index contributed by atoms with van der Waals surface area (Å²) >= 11 is 3.52. The Balaban J connectivity index is 2.08. The summed E-state index contributed by atoms with van der Waals surface area (Å²) in [6.07, 6.45) is 1.25. The van der Waals surface area contributed by atoms with Crippen LogP contribution in [0.15, 0.2) is 28.7 Å². The van der Waals surface area contributed by atoms with Crippen LogP contribution < -0.4 is 5.32 Å². The molecule has 2 nitrogen and oxygen atoms in total. The minimum Gasteiger partial charge on any atom is -0.311 e. The van der Waals surface area contributed by atoms with Crippen molar-refractivity contribution in [2.45, 2.75) is 52.7 Å². The maximum atomic E-state index is 3.78. The number of benzene rings is 1. The van der Waals surface area contributed by atoms with Crippen molar-refractivity contribution < 1.29 is 0 Å². The molecule has 1 heterocycles. The van der Waals surface area contributed by atoms with Gasteiger partial charge in [0.05, 0.1) is 0 Å². The van der Waals surface area contributed by atoms with Gasteiger partial charge in [-0.25, -0.2) is 0 Å². The molecule has 0 amide bonds. The van der Waals surface area contributed by atoms with Gasteiger partial charge in [0.15, 0.2) is 0 Å². The van der Waals surface area contributed by atoms with Crippen LogP contribution in [0.5, 0.6) is 0 Å². The summed E-state index contributed by atoms with van der Waals surface area (Å²) < 4.78 is 1.16.